The largest absolute Gasteiger partial charge is 0.363 e. The van der Waals surface area contributed by atoms with E-state index in [0.717, 1.165) is 30.6 Å². The van der Waals surface area contributed by atoms with Crippen LogP contribution in [0.15, 0.2) is 48.2 Å². The lowest BCUT2D eigenvalue weighted by atomic mass is 9.95. The second-order valence-corrected chi connectivity index (χ2v) is 9.58. The van der Waals surface area contributed by atoms with Crippen LogP contribution in [-0.4, -0.2) is 40.5 Å². The molecule has 6 nitrogen and oxygen atoms in total. The highest BCUT2D eigenvalue weighted by Crippen LogP contribution is 2.45. The fourth-order valence-corrected chi connectivity index (χ4v) is 5.49. The molecule has 2 fully saturated rings. The van der Waals surface area contributed by atoms with Gasteiger partial charge in [0.2, 0.25) is 0 Å². The number of rotatable bonds is 3. The summed E-state index contributed by atoms with van der Waals surface area (Å²) in [5, 5.41) is 2.46. The number of carbonyl (C=O) groups excluding carboxylic acids is 2. The molecule has 3 unspecified atom stereocenters. The number of para-hydroxylation sites is 1. The Morgan fingerprint density at radius 3 is 2.72 bits per heavy atom. The summed E-state index contributed by atoms with van der Waals surface area (Å²) in [6.45, 7) is 5.20. The molecule has 3 atom stereocenters. The number of hydrogen-bond donors (Lipinski definition) is 1. The average Bonchev–Trinajstić information content (AvgIpc) is 3.22. The quantitative estimate of drug-likeness (QED) is 0.743. The molecule has 2 aromatic rings. The van der Waals surface area contributed by atoms with Crippen molar-refractivity contribution in [2.24, 2.45) is 5.92 Å². The Morgan fingerprint density at radius 1 is 1.19 bits per heavy atom. The summed E-state index contributed by atoms with van der Waals surface area (Å²) in [6, 6.07) is 13.1. The van der Waals surface area contributed by atoms with E-state index in [1.165, 1.54) is 16.8 Å². The number of carbonyl (C=O) groups is 2. The standard InChI is InChI=1S/C26H30N4O2/c1-17-13-26(24(31)28-25(32)29(26)3)14-21(17)12-19-9-11-22(27-15-19)16-30-18(2)8-10-20-6-4-5-7-23(20)30/h4-7,9,11-12,15,17-18H,8,10,13-14,16H2,1-3H3,(H,28,31,32)/b21-12-. The highest BCUT2D eigenvalue weighted by atomic mass is 16.2. The molecular formula is C26H30N4O2. The molecule has 1 aliphatic carbocycles. The topological polar surface area (TPSA) is 65.5 Å². The second-order valence-electron chi connectivity index (χ2n) is 9.58. The summed E-state index contributed by atoms with van der Waals surface area (Å²) in [5.41, 5.74) is 5.26. The van der Waals surface area contributed by atoms with E-state index >= 15 is 0 Å². The van der Waals surface area contributed by atoms with Crippen molar-refractivity contribution in [1.82, 2.24) is 15.2 Å². The number of anilines is 1. The number of imide groups is 1. The van der Waals surface area contributed by atoms with Gasteiger partial charge in [0.15, 0.2) is 0 Å². The van der Waals surface area contributed by atoms with Crippen molar-refractivity contribution >= 4 is 23.7 Å². The highest BCUT2D eigenvalue weighted by molar-refractivity contribution is 6.07. The van der Waals surface area contributed by atoms with Gasteiger partial charge in [0, 0.05) is 31.4 Å². The zero-order chi connectivity index (χ0) is 22.5. The molecule has 1 saturated heterocycles. The van der Waals surface area contributed by atoms with E-state index in [4.69, 9.17) is 4.98 Å². The minimum Gasteiger partial charge on any atom is -0.363 e. The van der Waals surface area contributed by atoms with E-state index in [-0.39, 0.29) is 17.9 Å². The number of nitrogens with zero attached hydrogens (tertiary/aromatic N) is 3. The Hall–Kier alpha value is -3.15. The zero-order valence-electron chi connectivity index (χ0n) is 19.0. The normalized spacial score (nSPS) is 28.5. The number of benzene rings is 1. The van der Waals surface area contributed by atoms with Gasteiger partial charge < -0.3 is 9.80 Å². The van der Waals surface area contributed by atoms with Gasteiger partial charge in [0.05, 0.1) is 12.2 Å². The first-order chi connectivity index (χ1) is 15.4. The van der Waals surface area contributed by atoms with Gasteiger partial charge in [-0.25, -0.2) is 4.79 Å². The number of fused-ring (bicyclic) bond motifs is 1. The SMILES string of the molecule is CC1CC2(C/C1=C/c1ccc(CN3c4ccccc4CCC3C)nc1)C(=O)NC(=O)N2C. The number of aryl methyl sites for hydroxylation is 1. The van der Waals surface area contributed by atoms with Gasteiger partial charge in [-0.3, -0.25) is 15.1 Å². The van der Waals surface area contributed by atoms with E-state index in [2.05, 4.69) is 66.5 Å². The molecule has 3 aliphatic rings. The Balaban J connectivity index is 1.33. The van der Waals surface area contributed by atoms with Gasteiger partial charge in [0.1, 0.15) is 5.54 Å². The number of aromatic nitrogens is 1. The van der Waals surface area contributed by atoms with Crippen molar-refractivity contribution in [1.29, 1.82) is 0 Å². The third kappa shape index (κ3) is 3.38. The number of hydrogen-bond acceptors (Lipinski definition) is 4. The predicted molar refractivity (Wildman–Crippen MR) is 125 cm³/mol. The van der Waals surface area contributed by atoms with Crippen LogP contribution in [0.4, 0.5) is 10.5 Å². The number of urea groups is 1. The van der Waals surface area contributed by atoms with Crippen LogP contribution in [-0.2, 0) is 17.8 Å². The molecule has 5 rings (SSSR count). The van der Waals surface area contributed by atoms with Gasteiger partial charge in [-0.05, 0) is 55.4 Å². The molecule has 2 aliphatic heterocycles. The summed E-state index contributed by atoms with van der Waals surface area (Å²) < 4.78 is 0. The smallest absolute Gasteiger partial charge is 0.324 e. The van der Waals surface area contributed by atoms with Gasteiger partial charge in [-0.15, -0.1) is 0 Å². The lowest BCUT2D eigenvalue weighted by molar-refractivity contribution is -0.126. The van der Waals surface area contributed by atoms with Gasteiger partial charge in [0.25, 0.3) is 5.91 Å². The van der Waals surface area contributed by atoms with Crippen molar-refractivity contribution in [3.8, 4) is 0 Å². The van der Waals surface area contributed by atoms with Crippen molar-refractivity contribution in [2.45, 2.75) is 57.7 Å². The molecule has 1 N–H and O–H groups in total. The number of likely N-dealkylation sites (N-methyl/N-ethyl adjacent to an activating group) is 1. The summed E-state index contributed by atoms with van der Waals surface area (Å²) in [6.07, 6.45) is 7.58. The minimum absolute atomic E-state index is 0.176. The van der Waals surface area contributed by atoms with Crippen LogP contribution in [0.1, 0.15) is 49.9 Å². The lowest BCUT2D eigenvalue weighted by Gasteiger charge is -2.37. The monoisotopic (exact) mass is 430 g/mol. The summed E-state index contributed by atoms with van der Waals surface area (Å²) in [5.74, 6) is 0.0594. The van der Waals surface area contributed by atoms with Crippen molar-refractivity contribution in [3.63, 3.8) is 0 Å². The number of pyridine rings is 1. The second kappa shape index (κ2) is 7.76. The molecule has 1 spiro atoms. The first kappa shape index (κ1) is 20.7. The molecular weight excluding hydrogens is 400 g/mol. The van der Waals surface area contributed by atoms with Crippen LogP contribution in [0.25, 0.3) is 6.08 Å². The molecule has 1 saturated carbocycles. The molecule has 1 aromatic heterocycles. The molecule has 3 amide bonds. The van der Waals surface area contributed by atoms with Crippen molar-refractivity contribution in [3.05, 3.63) is 65.0 Å². The fourth-order valence-electron chi connectivity index (χ4n) is 5.49. The summed E-state index contributed by atoms with van der Waals surface area (Å²) >= 11 is 0. The Labute approximate surface area is 189 Å². The molecule has 6 heteroatoms. The maximum atomic E-state index is 12.5. The van der Waals surface area contributed by atoms with Crippen LogP contribution in [0, 0.1) is 5.92 Å². The maximum absolute atomic E-state index is 12.5. The van der Waals surface area contributed by atoms with E-state index in [0.29, 0.717) is 18.9 Å². The van der Waals surface area contributed by atoms with E-state index in [9.17, 15) is 9.59 Å². The van der Waals surface area contributed by atoms with Gasteiger partial charge in [-0.2, -0.15) is 0 Å². The van der Waals surface area contributed by atoms with Crippen LogP contribution >= 0.6 is 0 Å². The van der Waals surface area contributed by atoms with Crippen LogP contribution in [0.3, 0.4) is 0 Å². The van der Waals surface area contributed by atoms with E-state index in [1.54, 1.807) is 11.9 Å². The molecule has 32 heavy (non-hydrogen) atoms. The zero-order valence-corrected chi connectivity index (χ0v) is 19.0. The molecule has 166 valence electrons. The molecule has 3 heterocycles. The predicted octanol–water partition coefficient (Wildman–Crippen LogP) is 4.16. The van der Waals surface area contributed by atoms with Gasteiger partial charge >= 0.3 is 6.03 Å². The van der Waals surface area contributed by atoms with Crippen LogP contribution < -0.4 is 10.2 Å². The van der Waals surface area contributed by atoms with Crippen molar-refractivity contribution in [2.75, 3.05) is 11.9 Å². The van der Waals surface area contributed by atoms with Crippen LogP contribution in [0.5, 0.6) is 0 Å². The minimum atomic E-state index is -0.743. The lowest BCUT2D eigenvalue weighted by Crippen LogP contribution is -2.45. The third-order valence-electron chi connectivity index (χ3n) is 7.56. The average molecular weight is 431 g/mol. The van der Waals surface area contributed by atoms with E-state index in [1.807, 2.05) is 6.20 Å². The highest BCUT2D eigenvalue weighted by Gasteiger charge is 2.55. The number of amides is 3. The van der Waals surface area contributed by atoms with Crippen molar-refractivity contribution < 1.29 is 9.59 Å². The number of nitrogens with one attached hydrogen (secondary N) is 1. The van der Waals surface area contributed by atoms with Gasteiger partial charge in [-0.1, -0.05) is 42.8 Å². The molecule has 1 aromatic carbocycles. The third-order valence-corrected chi connectivity index (χ3v) is 7.56. The first-order valence-electron chi connectivity index (χ1n) is 11.5. The van der Waals surface area contributed by atoms with Crippen LogP contribution in [0.2, 0.25) is 0 Å². The van der Waals surface area contributed by atoms with E-state index < -0.39 is 5.54 Å². The Bertz CT molecular complexity index is 1090. The Kier molecular flexibility index (Phi) is 5.03. The maximum Gasteiger partial charge on any atom is 0.324 e. The molecule has 0 radical (unpaired) electrons. The first-order valence-corrected chi connectivity index (χ1v) is 11.5. The summed E-state index contributed by atoms with van der Waals surface area (Å²) in [4.78, 5) is 33.2. The molecule has 0 bridgehead atoms. The summed E-state index contributed by atoms with van der Waals surface area (Å²) in [7, 11) is 1.71. The fraction of sp³-hybridized carbons (Fsp3) is 0.423. The Morgan fingerprint density at radius 2 is 2.00 bits per heavy atom.